The molecule has 1 saturated carbocycles. The number of halogens is 1. The summed E-state index contributed by atoms with van der Waals surface area (Å²) in [7, 11) is 0. The summed E-state index contributed by atoms with van der Waals surface area (Å²) >= 11 is 0. The van der Waals surface area contributed by atoms with Crippen LogP contribution >= 0.6 is 0 Å². The summed E-state index contributed by atoms with van der Waals surface area (Å²) in [6.45, 7) is 1.19. The number of carbonyl (C=O) groups excluding carboxylic acids is 1. The molecular formula is C15H18FNO2. The second-order valence-corrected chi connectivity index (χ2v) is 5.27. The molecule has 1 aromatic rings. The van der Waals surface area contributed by atoms with Crippen LogP contribution in [0.25, 0.3) is 0 Å². The minimum Gasteiger partial charge on any atom is -0.374 e. The number of amides is 1. The fourth-order valence-electron chi connectivity index (χ4n) is 3.14. The Labute approximate surface area is 112 Å². The molecular weight excluding hydrogens is 245 g/mol. The number of morpholine rings is 1. The van der Waals surface area contributed by atoms with Gasteiger partial charge in [0.25, 0.3) is 5.91 Å². The third kappa shape index (κ3) is 2.50. The maximum Gasteiger partial charge on any atom is 0.254 e. The number of hydrogen-bond donors (Lipinski definition) is 0. The number of carbonyl (C=O) groups is 1. The average Bonchev–Trinajstić information content (AvgIpc) is 2.46. The van der Waals surface area contributed by atoms with Crippen LogP contribution in [-0.2, 0) is 4.74 Å². The first kappa shape index (κ1) is 12.6. The molecule has 1 amide bonds. The Morgan fingerprint density at radius 2 is 2.16 bits per heavy atom. The van der Waals surface area contributed by atoms with E-state index in [-0.39, 0.29) is 23.9 Å². The zero-order valence-electron chi connectivity index (χ0n) is 10.8. The zero-order chi connectivity index (χ0) is 13.2. The molecule has 1 aliphatic carbocycles. The number of fused-ring (bicyclic) bond motifs is 1. The van der Waals surface area contributed by atoms with Crippen molar-refractivity contribution < 1.29 is 13.9 Å². The van der Waals surface area contributed by atoms with Crippen LogP contribution in [0.3, 0.4) is 0 Å². The van der Waals surface area contributed by atoms with Crippen LogP contribution in [0.15, 0.2) is 24.3 Å². The quantitative estimate of drug-likeness (QED) is 0.779. The lowest BCUT2D eigenvalue weighted by molar-refractivity contribution is -0.0752. The summed E-state index contributed by atoms with van der Waals surface area (Å²) in [6, 6.07) is 6.10. The highest BCUT2D eigenvalue weighted by Crippen LogP contribution is 2.29. The largest absolute Gasteiger partial charge is 0.374 e. The van der Waals surface area contributed by atoms with Gasteiger partial charge < -0.3 is 9.64 Å². The maximum atomic E-state index is 13.2. The summed E-state index contributed by atoms with van der Waals surface area (Å²) < 4.78 is 19.0. The molecule has 0 N–H and O–H groups in total. The van der Waals surface area contributed by atoms with Gasteiger partial charge >= 0.3 is 0 Å². The number of benzene rings is 1. The Kier molecular flexibility index (Phi) is 3.51. The van der Waals surface area contributed by atoms with Gasteiger partial charge in [0.1, 0.15) is 5.82 Å². The van der Waals surface area contributed by atoms with Crippen LogP contribution < -0.4 is 0 Å². The molecule has 2 fully saturated rings. The Hall–Kier alpha value is -1.42. The van der Waals surface area contributed by atoms with Crippen molar-refractivity contribution >= 4 is 5.91 Å². The van der Waals surface area contributed by atoms with Crippen molar-refractivity contribution in [3.05, 3.63) is 35.6 Å². The Morgan fingerprint density at radius 1 is 1.32 bits per heavy atom. The number of nitrogens with zero attached hydrogens (tertiary/aromatic N) is 1. The number of rotatable bonds is 1. The molecule has 3 rings (SSSR count). The molecule has 0 spiro atoms. The monoisotopic (exact) mass is 263 g/mol. The van der Waals surface area contributed by atoms with Crippen LogP contribution in [-0.4, -0.2) is 36.1 Å². The van der Waals surface area contributed by atoms with E-state index in [1.807, 2.05) is 4.90 Å². The molecule has 3 nitrogen and oxygen atoms in total. The number of hydrogen-bond acceptors (Lipinski definition) is 2. The maximum absolute atomic E-state index is 13.2. The van der Waals surface area contributed by atoms with E-state index in [2.05, 4.69) is 0 Å². The Morgan fingerprint density at radius 3 is 3.00 bits per heavy atom. The Balaban J connectivity index is 1.82. The van der Waals surface area contributed by atoms with Crippen molar-refractivity contribution in [3.8, 4) is 0 Å². The van der Waals surface area contributed by atoms with E-state index in [1.54, 1.807) is 12.1 Å². The summed E-state index contributed by atoms with van der Waals surface area (Å²) in [4.78, 5) is 14.4. The van der Waals surface area contributed by atoms with Gasteiger partial charge in [-0.1, -0.05) is 18.9 Å². The lowest BCUT2D eigenvalue weighted by atomic mass is 9.89. The molecule has 0 unspecified atom stereocenters. The van der Waals surface area contributed by atoms with E-state index in [4.69, 9.17) is 4.74 Å². The van der Waals surface area contributed by atoms with E-state index in [1.165, 1.54) is 18.6 Å². The smallest absolute Gasteiger partial charge is 0.254 e. The van der Waals surface area contributed by atoms with Crippen LogP contribution in [0.5, 0.6) is 0 Å². The molecule has 2 aliphatic rings. The van der Waals surface area contributed by atoms with Crippen LogP contribution in [0.4, 0.5) is 4.39 Å². The molecule has 4 heteroatoms. The van der Waals surface area contributed by atoms with E-state index >= 15 is 0 Å². The molecule has 102 valence electrons. The minimum atomic E-state index is -0.362. The van der Waals surface area contributed by atoms with Gasteiger partial charge in [0.2, 0.25) is 0 Å². The highest BCUT2D eigenvalue weighted by molar-refractivity contribution is 5.94. The van der Waals surface area contributed by atoms with E-state index < -0.39 is 0 Å². The van der Waals surface area contributed by atoms with Gasteiger partial charge in [0, 0.05) is 12.1 Å². The van der Waals surface area contributed by atoms with Crippen molar-refractivity contribution in [2.24, 2.45) is 0 Å². The molecule has 1 aromatic carbocycles. The molecule has 0 aromatic heterocycles. The lowest BCUT2D eigenvalue weighted by Crippen LogP contribution is -2.54. The second kappa shape index (κ2) is 5.29. The molecule has 19 heavy (non-hydrogen) atoms. The minimum absolute atomic E-state index is 0.0697. The van der Waals surface area contributed by atoms with Gasteiger partial charge in [-0.05, 0) is 31.0 Å². The molecule has 0 bridgehead atoms. The molecule has 1 heterocycles. The van der Waals surface area contributed by atoms with Gasteiger partial charge in [-0.25, -0.2) is 4.39 Å². The van der Waals surface area contributed by atoms with Gasteiger partial charge in [0.05, 0.1) is 18.8 Å². The summed E-state index contributed by atoms with van der Waals surface area (Å²) in [5, 5.41) is 0. The second-order valence-electron chi connectivity index (χ2n) is 5.27. The highest BCUT2D eigenvalue weighted by atomic mass is 19.1. The number of ether oxygens (including phenoxy) is 1. The predicted molar refractivity (Wildman–Crippen MR) is 69.4 cm³/mol. The van der Waals surface area contributed by atoms with Crippen LogP contribution in [0.1, 0.15) is 36.0 Å². The standard InChI is InChI=1S/C15H18FNO2/c16-12-5-3-4-11(10-12)15(18)17-8-9-19-14-7-2-1-6-13(14)17/h3-5,10,13-14H,1-2,6-9H2/t13-,14-/m0/s1. The third-order valence-electron chi connectivity index (χ3n) is 4.06. The summed E-state index contributed by atoms with van der Waals surface area (Å²) in [5.41, 5.74) is 0.436. The molecule has 1 saturated heterocycles. The average molecular weight is 263 g/mol. The first-order valence-corrected chi connectivity index (χ1v) is 6.94. The fraction of sp³-hybridized carbons (Fsp3) is 0.533. The van der Waals surface area contributed by atoms with E-state index in [0.717, 1.165) is 19.3 Å². The van der Waals surface area contributed by atoms with Crippen molar-refractivity contribution in [2.45, 2.75) is 37.8 Å². The van der Waals surface area contributed by atoms with Crippen LogP contribution in [0, 0.1) is 5.82 Å². The third-order valence-corrected chi connectivity index (χ3v) is 4.06. The molecule has 2 atom stereocenters. The first-order chi connectivity index (χ1) is 9.25. The van der Waals surface area contributed by atoms with Crippen molar-refractivity contribution in [1.29, 1.82) is 0 Å². The molecule has 1 aliphatic heterocycles. The first-order valence-electron chi connectivity index (χ1n) is 6.94. The van der Waals surface area contributed by atoms with E-state index in [0.29, 0.717) is 18.7 Å². The summed E-state index contributed by atoms with van der Waals surface area (Å²) in [6.07, 6.45) is 4.49. The summed E-state index contributed by atoms with van der Waals surface area (Å²) in [5.74, 6) is -0.431. The van der Waals surface area contributed by atoms with Gasteiger partial charge in [-0.15, -0.1) is 0 Å². The van der Waals surface area contributed by atoms with Gasteiger partial charge in [0.15, 0.2) is 0 Å². The van der Waals surface area contributed by atoms with E-state index in [9.17, 15) is 9.18 Å². The SMILES string of the molecule is O=C(c1cccc(F)c1)N1CCO[C@H]2CCCC[C@@H]21. The van der Waals surface area contributed by atoms with Gasteiger partial charge in [-0.3, -0.25) is 4.79 Å². The van der Waals surface area contributed by atoms with Crippen molar-refractivity contribution in [2.75, 3.05) is 13.2 Å². The van der Waals surface area contributed by atoms with Crippen molar-refractivity contribution in [1.82, 2.24) is 4.90 Å². The predicted octanol–water partition coefficient (Wildman–Crippen LogP) is 2.61. The normalized spacial score (nSPS) is 26.9. The van der Waals surface area contributed by atoms with Crippen molar-refractivity contribution in [3.63, 3.8) is 0 Å². The molecule has 0 radical (unpaired) electrons. The lowest BCUT2D eigenvalue weighted by Gasteiger charge is -2.43. The highest BCUT2D eigenvalue weighted by Gasteiger charge is 2.36. The topological polar surface area (TPSA) is 29.5 Å². The van der Waals surface area contributed by atoms with Gasteiger partial charge in [-0.2, -0.15) is 0 Å². The van der Waals surface area contributed by atoms with Crippen LogP contribution in [0.2, 0.25) is 0 Å². The fourth-order valence-corrected chi connectivity index (χ4v) is 3.14. The Bertz CT molecular complexity index is 475. The zero-order valence-corrected chi connectivity index (χ0v) is 10.8.